The molecular weight excluding hydrogens is 178 g/mol. The Labute approximate surface area is 82.8 Å². The Hall–Kier alpha value is -1.45. The number of carbonyl (C=O) groups excluding carboxylic acids is 1. The molecule has 0 aromatic carbocycles. The molecule has 14 heavy (non-hydrogen) atoms. The highest BCUT2D eigenvalue weighted by Crippen LogP contribution is 2.22. The molecule has 2 rings (SSSR count). The predicted octanol–water partition coefficient (Wildman–Crippen LogP) is 0.688. The highest BCUT2D eigenvalue weighted by Gasteiger charge is 2.33. The fraction of sp³-hybridized carbons (Fsp3) is 0.500. The monoisotopic (exact) mass is 191 g/mol. The molecule has 1 aromatic heterocycles. The molecule has 1 aromatic rings. The van der Waals surface area contributed by atoms with E-state index in [-0.39, 0.29) is 11.4 Å². The van der Waals surface area contributed by atoms with Gasteiger partial charge in [-0.1, -0.05) is 0 Å². The summed E-state index contributed by atoms with van der Waals surface area (Å²) in [6.45, 7) is 2.06. The van der Waals surface area contributed by atoms with Crippen LogP contribution in [0.5, 0.6) is 0 Å². The molecule has 74 valence electrons. The minimum absolute atomic E-state index is 0.120. The fourth-order valence-corrected chi connectivity index (χ4v) is 1.81. The molecule has 1 atom stereocenters. The van der Waals surface area contributed by atoms with Gasteiger partial charge in [0.15, 0.2) is 0 Å². The van der Waals surface area contributed by atoms with Crippen LogP contribution >= 0.6 is 0 Å². The van der Waals surface area contributed by atoms with Crippen LogP contribution in [0.4, 0.5) is 0 Å². The molecule has 1 saturated heterocycles. The standard InChI is InChI=1S/C10H13N3O/c1-10(4-2-9(14)13-10)6-8-3-5-11-7-12-8/h3,5,7H,2,4,6H2,1H3,(H,13,14). The van der Waals surface area contributed by atoms with Gasteiger partial charge < -0.3 is 5.32 Å². The molecule has 0 radical (unpaired) electrons. The van der Waals surface area contributed by atoms with Gasteiger partial charge in [-0.15, -0.1) is 0 Å². The molecule has 0 aliphatic carbocycles. The third-order valence-corrected chi connectivity index (χ3v) is 2.56. The number of rotatable bonds is 2. The second-order valence-electron chi connectivity index (χ2n) is 3.99. The van der Waals surface area contributed by atoms with Crippen molar-refractivity contribution in [2.45, 2.75) is 31.7 Å². The average molecular weight is 191 g/mol. The van der Waals surface area contributed by atoms with Gasteiger partial charge in [-0.3, -0.25) is 4.79 Å². The Bertz CT molecular complexity index is 338. The zero-order chi connectivity index (χ0) is 10.0. The van der Waals surface area contributed by atoms with Crippen molar-refractivity contribution in [2.24, 2.45) is 0 Å². The largest absolute Gasteiger partial charge is 0.351 e. The fourth-order valence-electron chi connectivity index (χ4n) is 1.81. The summed E-state index contributed by atoms with van der Waals surface area (Å²) in [7, 11) is 0. The van der Waals surface area contributed by atoms with Gasteiger partial charge in [-0.05, 0) is 19.4 Å². The lowest BCUT2D eigenvalue weighted by Crippen LogP contribution is -2.40. The second-order valence-corrected chi connectivity index (χ2v) is 3.99. The molecule has 1 N–H and O–H groups in total. The molecule has 2 heterocycles. The maximum atomic E-state index is 11.1. The van der Waals surface area contributed by atoms with Crippen LogP contribution in [0, 0.1) is 0 Å². The Kier molecular flexibility index (Phi) is 2.19. The summed E-state index contributed by atoms with van der Waals surface area (Å²) in [6, 6.07) is 1.88. The van der Waals surface area contributed by atoms with E-state index in [1.54, 1.807) is 6.20 Å². The van der Waals surface area contributed by atoms with E-state index in [0.717, 1.165) is 18.5 Å². The molecule has 1 aliphatic rings. The normalized spacial score (nSPS) is 26.2. The number of amides is 1. The van der Waals surface area contributed by atoms with Gasteiger partial charge in [0.05, 0.1) is 0 Å². The van der Waals surface area contributed by atoms with E-state index in [2.05, 4.69) is 22.2 Å². The first kappa shape index (κ1) is 9.12. The number of hydrogen-bond acceptors (Lipinski definition) is 3. The van der Waals surface area contributed by atoms with Gasteiger partial charge in [-0.25, -0.2) is 9.97 Å². The van der Waals surface area contributed by atoms with E-state index in [1.165, 1.54) is 6.33 Å². The van der Waals surface area contributed by atoms with Crippen molar-refractivity contribution < 1.29 is 4.79 Å². The third-order valence-electron chi connectivity index (χ3n) is 2.56. The van der Waals surface area contributed by atoms with Gasteiger partial charge in [0.25, 0.3) is 0 Å². The molecule has 4 nitrogen and oxygen atoms in total. The minimum Gasteiger partial charge on any atom is -0.351 e. The van der Waals surface area contributed by atoms with Crippen LogP contribution in [0.3, 0.4) is 0 Å². The van der Waals surface area contributed by atoms with Crippen LogP contribution in [0.1, 0.15) is 25.5 Å². The van der Waals surface area contributed by atoms with Crippen LogP contribution in [-0.2, 0) is 11.2 Å². The van der Waals surface area contributed by atoms with Gasteiger partial charge in [-0.2, -0.15) is 0 Å². The number of aromatic nitrogens is 2. The Morgan fingerprint density at radius 3 is 3.07 bits per heavy atom. The number of nitrogens with one attached hydrogen (secondary N) is 1. The molecule has 0 saturated carbocycles. The molecule has 1 amide bonds. The number of carbonyl (C=O) groups is 1. The quantitative estimate of drug-likeness (QED) is 0.748. The van der Waals surface area contributed by atoms with Crippen molar-refractivity contribution in [3.05, 3.63) is 24.3 Å². The van der Waals surface area contributed by atoms with Crippen molar-refractivity contribution in [3.63, 3.8) is 0 Å². The van der Waals surface area contributed by atoms with Crippen molar-refractivity contribution in [1.82, 2.24) is 15.3 Å². The summed E-state index contributed by atoms with van der Waals surface area (Å²) in [5, 5.41) is 2.98. The zero-order valence-corrected chi connectivity index (χ0v) is 8.16. The van der Waals surface area contributed by atoms with E-state index in [0.29, 0.717) is 6.42 Å². The lowest BCUT2D eigenvalue weighted by Gasteiger charge is -2.23. The average Bonchev–Trinajstić information content (AvgIpc) is 2.47. The molecule has 0 bridgehead atoms. The van der Waals surface area contributed by atoms with Crippen molar-refractivity contribution in [2.75, 3.05) is 0 Å². The lowest BCUT2D eigenvalue weighted by atomic mass is 9.94. The summed E-state index contributed by atoms with van der Waals surface area (Å²) in [5.74, 6) is 0.140. The highest BCUT2D eigenvalue weighted by atomic mass is 16.2. The van der Waals surface area contributed by atoms with E-state index in [4.69, 9.17) is 0 Å². The SMILES string of the molecule is CC1(Cc2ccncn2)CCC(=O)N1. The van der Waals surface area contributed by atoms with Crippen LogP contribution < -0.4 is 5.32 Å². The van der Waals surface area contributed by atoms with Crippen molar-refractivity contribution >= 4 is 5.91 Å². The summed E-state index contributed by atoms with van der Waals surface area (Å²) in [6.07, 6.45) is 5.55. The summed E-state index contributed by atoms with van der Waals surface area (Å²) < 4.78 is 0. The first-order chi connectivity index (χ1) is 6.68. The maximum absolute atomic E-state index is 11.1. The lowest BCUT2D eigenvalue weighted by molar-refractivity contribution is -0.119. The summed E-state index contributed by atoms with van der Waals surface area (Å²) in [5.41, 5.74) is 0.857. The van der Waals surface area contributed by atoms with Gasteiger partial charge in [0.1, 0.15) is 6.33 Å². The first-order valence-corrected chi connectivity index (χ1v) is 4.74. The minimum atomic E-state index is -0.120. The van der Waals surface area contributed by atoms with Crippen LogP contribution in [-0.4, -0.2) is 21.4 Å². The van der Waals surface area contributed by atoms with E-state index in [1.807, 2.05) is 6.07 Å². The second kappa shape index (κ2) is 3.36. The summed E-state index contributed by atoms with van der Waals surface area (Å²) in [4.78, 5) is 19.1. The Morgan fingerprint density at radius 2 is 2.50 bits per heavy atom. The highest BCUT2D eigenvalue weighted by molar-refractivity contribution is 5.79. The molecule has 1 fully saturated rings. The number of hydrogen-bond donors (Lipinski definition) is 1. The smallest absolute Gasteiger partial charge is 0.220 e. The first-order valence-electron chi connectivity index (χ1n) is 4.74. The van der Waals surface area contributed by atoms with Gasteiger partial charge in [0.2, 0.25) is 5.91 Å². The zero-order valence-electron chi connectivity index (χ0n) is 8.16. The van der Waals surface area contributed by atoms with Crippen molar-refractivity contribution in [1.29, 1.82) is 0 Å². The topological polar surface area (TPSA) is 54.9 Å². The molecule has 1 unspecified atom stereocenters. The molecule has 4 heteroatoms. The summed E-state index contributed by atoms with van der Waals surface area (Å²) >= 11 is 0. The van der Waals surface area contributed by atoms with E-state index >= 15 is 0 Å². The number of nitrogens with zero attached hydrogens (tertiary/aromatic N) is 2. The Morgan fingerprint density at radius 1 is 1.64 bits per heavy atom. The molecule has 1 aliphatic heterocycles. The van der Waals surface area contributed by atoms with E-state index in [9.17, 15) is 4.79 Å². The van der Waals surface area contributed by atoms with E-state index < -0.39 is 0 Å². The van der Waals surface area contributed by atoms with Crippen LogP contribution in [0.2, 0.25) is 0 Å². The van der Waals surface area contributed by atoms with Gasteiger partial charge in [0, 0.05) is 30.3 Å². The predicted molar refractivity (Wildman–Crippen MR) is 51.5 cm³/mol. The molecule has 0 spiro atoms. The Balaban J connectivity index is 2.08. The molecular formula is C10H13N3O. The van der Waals surface area contributed by atoms with Crippen molar-refractivity contribution in [3.8, 4) is 0 Å². The van der Waals surface area contributed by atoms with Gasteiger partial charge >= 0.3 is 0 Å². The third kappa shape index (κ3) is 1.89. The van der Waals surface area contributed by atoms with Crippen LogP contribution in [0.15, 0.2) is 18.6 Å². The maximum Gasteiger partial charge on any atom is 0.220 e. The van der Waals surface area contributed by atoms with Crippen LogP contribution in [0.25, 0.3) is 0 Å².